The van der Waals surface area contributed by atoms with Gasteiger partial charge in [-0.05, 0) is 50.6 Å². The highest BCUT2D eigenvalue weighted by molar-refractivity contribution is 5.95. The summed E-state index contributed by atoms with van der Waals surface area (Å²) in [5, 5.41) is 2.91. The van der Waals surface area contributed by atoms with Crippen LogP contribution in [0, 0.1) is 0 Å². The molecule has 1 N–H and O–H groups in total. The molecule has 0 fully saturated rings. The minimum absolute atomic E-state index is 0.220. The first-order valence-electron chi connectivity index (χ1n) is 9.10. The Morgan fingerprint density at radius 1 is 0.926 bits per heavy atom. The standard InChI is InChI=1S/C21H27NO5/c1-5-25-18-12-16(13-19(26-6-2)20(18)27-7-3)21(23)22-14-15-9-8-10-17(11-15)24-4/h8-13H,5-7,14H2,1-4H3,(H,22,23). The summed E-state index contributed by atoms with van der Waals surface area (Å²) < 4.78 is 22.2. The van der Waals surface area contributed by atoms with Crippen molar-refractivity contribution < 1.29 is 23.7 Å². The van der Waals surface area contributed by atoms with Crippen LogP contribution in [0.3, 0.4) is 0 Å². The fourth-order valence-electron chi connectivity index (χ4n) is 2.59. The highest BCUT2D eigenvalue weighted by Gasteiger charge is 2.18. The first-order valence-corrected chi connectivity index (χ1v) is 9.10. The largest absolute Gasteiger partial charge is 0.497 e. The number of carbonyl (C=O) groups is 1. The van der Waals surface area contributed by atoms with E-state index in [-0.39, 0.29) is 5.91 Å². The molecule has 6 nitrogen and oxygen atoms in total. The minimum Gasteiger partial charge on any atom is -0.497 e. The molecule has 0 bridgehead atoms. The molecule has 2 aromatic rings. The maximum atomic E-state index is 12.7. The highest BCUT2D eigenvalue weighted by atomic mass is 16.5. The van der Waals surface area contributed by atoms with Crippen molar-refractivity contribution in [3.63, 3.8) is 0 Å². The second kappa shape index (κ2) is 10.3. The van der Waals surface area contributed by atoms with Gasteiger partial charge in [0.05, 0.1) is 26.9 Å². The number of hydrogen-bond donors (Lipinski definition) is 1. The molecule has 0 aliphatic heterocycles. The maximum Gasteiger partial charge on any atom is 0.251 e. The van der Waals surface area contributed by atoms with E-state index in [4.69, 9.17) is 18.9 Å². The molecule has 0 radical (unpaired) electrons. The van der Waals surface area contributed by atoms with E-state index in [1.165, 1.54) is 0 Å². The van der Waals surface area contributed by atoms with Gasteiger partial charge >= 0.3 is 0 Å². The maximum absolute atomic E-state index is 12.7. The van der Waals surface area contributed by atoms with Gasteiger partial charge in [-0.3, -0.25) is 4.79 Å². The molecule has 0 spiro atoms. The van der Waals surface area contributed by atoms with Gasteiger partial charge in [-0.1, -0.05) is 12.1 Å². The van der Waals surface area contributed by atoms with Gasteiger partial charge in [0.15, 0.2) is 11.5 Å². The molecule has 0 saturated heterocycles. The average Bonchev–Trinajstić information content (AvgIpc) is 2.68. The van der Waals surface area contributed by atoms with Crippen LogP contribution in [-0.2, 0) is 6.54 Å². The second-order valence-corrected chi connectivity index (χ2v) is 5.63. The highest BCUT2D eigenvalue weighted by Crippen LogP contribution is 2.39. The first-order chi connectivity index (χ1) is 13.1. The molecule has 2 aromatic carbocycles. The van der Waals surface area contributed by atoms with E-state index in [2.05, 4.69) is 5.32 Å². The van der Waals surface area contributed by atoms with Crippen molar-refractivity contribution in [1.82, 2.24) is 5.32 Å². The summed E-state index contributed by atoms with van der Waals surface area (Å²) in [5.41, 5.74) is 1.40. The van der Waals surface area contributed by atoms with Crippen LogP contribution in [0.1, 0.15) is 36.7 Å². The molecular formula is C21H27NO5. The molecule has 0 aliphatic rings. The number of carbonyl (C=O) groups excluding carboxylic acids is 1. The van der Waals surface area contributed by atoms with Gasteiger partial charge in [0.25, 0.3) is 5.91 Å². The Morgan fingerprint density at radius 3 is 2.11 bits per heavy atom. The first kappa shape index (κ1) is 20.4. The van der Waals surface area contributed by atoms with Crippen LogP contribution in [0.2, 0.25) is 0 Å². The van der Waals surface area contributed by atoms with Crippen molar-refractivity contribution in [3.8, 4) is 23.0 Å². The number of hydrogen-bond acceptors (Lipinski definition) is 5. The summed E-state index contributed by atoms with van der Waals surface area (Å²) in [6, 6.07) is 10.9. The van der Waals surface area contributed by atoms with E-state index < -0.39 is 0 Å². The van der Waals surface area contributed by atoms with Crippen molar-refractivity contribution in [2.45, 2.75) is 27.3 Å². The van der Waals surface area contributed by atoms with Gasteiger partial charge in [0, 0.05) is 12.1 Å². The van der Waals surface area contributed by atoms with Gasteiger partial charge in [-0.2, -0.15) is 0 Å². The van der Waals surface area contributed by atoms with Gasteiger partial charge in [-0.25, -0.2) is 0 Å². The van der Waals surface area contributed by atoms with Gasteiger partial charge in [0.2, 0.25) is 5.75 Å². The molecule has 0 unspecified atom stereocenters. The average molecular weight is 373 g/mol. The third kappa shape index (κ3) is 5.54. The van der Waals surface area contributed by atoms with Crippen molar-refractivity contribution >= 4 is 5.91 Å². The van der Waals surface area contributed by atoms with E-state index in [1.54, 1.807) is 19.2 Å². The number of benzene rings is 2. The lowest BCUT2D eigenvalue weighted by Crippen LogP contribution is -2.23. The molecule has 0 saturated carbocycles. The van der Waals surface area contributed by atoms with E-state index in [0.29, 0.717) is 49.2 Å². The zero-order valence-corrected chi connectivity index (χ0v) is 16.3. The number of amides is 1. The van der Waals surface area contributed by atoms with Crippen LogP contribution >= 0.6 is 0 Å². The van der Waals surface area contributed by atoms with E-state index in [1.807, 2.05) is 45.0 Å². The molecule has 0 aliphatic carbocycles. The van der Waals surface area contributed by atoms with Crippen LogP contribution < -0.4 is 24.3 Å². The Labute approximate surface area is 160 Å². The van der Waals surface area contributed by atoms with Crippen molar-refractivity contribution in [1.29, 1.82) is 0 Å². The molecular weight excluding hydrogens is 346 g/mol. The molecule has 1 amide bonds. The summed E-state index contributed by atoms with van der Waals surface area (Å²) in [6.45, 7) is 7.43. The smallest absolute Gasteiger partial charge is 0.251 e. The fraction of sp³-hybridized carbons (Fsp3) is 0.381. The third-order valence-corrected chi connectivity index (χ3v) is 3.76. The summed E-state index contributed by atoms with van der Waals surface area (Å²) in [5.74, 6) is 2.04. The molecule has 146 valence electrons. The fourth-order valence-corrected chi connectivity index (χ4v) is 2.59. The van der Waals surface area contributed by atoms with E-state index in [0.717, 1.165) is 11.3 Å². The lowest BCUT2D eigenvalue weighted by molar-refractivity contribution is 0.0949. The predicted molar refractivity (Wildman–Crippen MR) is 104 cm³/mol. The Morgan fingerprint density at radius 2 is 1.56 bits per heavy atom. The Hall–Kier alpha value is -2.89. The molecule has 27 heavy (non-hydrogen) atoms. The summed E-state index contributed by atoms with van der Waals surface area (Å²) in [4.78, 5) is 12.7. The molecule has 0 heterocycles. The number of nitrogens with one attached hydrogen (secondary N) is 1. The number of methoxy groups -OCH3 is 1. The molecule has 0 atom stereocenters. The summed E-state index contributed by atoms with van der Waals surface area (Å²) >= 11 is 0. The topological polar surface area (TPSA) is 66.0 Å². The second-order valence-electron chi connectivity index (χ2n) is 5.63. The van der Waals surface area contributed by atoms with Gasteiger partial charge in [0.1, 0.15) is 5.75 Å². The lowest BCUT2D eigenvalue weighted by Gasteiger charge is -2.17. The molecule has 2 rings (SSSR count). The predicted octanol–water partition coefficient (Wildman–Crippen LogP) is 3.82. The summed E-state index contributed by atoms with van der Waals surface area (Å²) in [7, 11) is 1.61. The van der Waals surface area contributed by atoms with Crippen LogP contribution in [0.15, 0.2) is 36.4 Å². The van der Waals surface area contributed by atoms with Crippen LogP contribution in [0.5, 0.6) is 23.0 Å². The Bertz CT molecular complexity index is 733. The van der Waals surface area contributed by atoms with E-state index in [9.17, 15) is 4.79 Å². The minimum atomic E-state index is -0.220. The quantitative estimate of drug-likeness (QED) is 0.686. The zero-order valence-electron chi connectivity index (χ0n) is 16.3. The third-order valence-electron chi connectivity index (χ3n) is 3.76. The normalized spacial score (nSPS) is 10.2. The summed E-state index contributed by atoms with van der Waals surface area (Å²) in [6.07, 6.45) is 0. The van der Waals surface area contributed by atoms with Gasteiger partial charge in [-0.15, -0.1) is 0 Å². The Balaban J connectivity index is 2.23. The van der Waals surface area contributed by atoms with Crippen molar-refractivity contribution in [2.75, 3.05) is 26.9 Å². The SMILES string of the molecule is CCOc1cc(C(=O)NCc2cccc(OC)c2)cc(OCC)c1OCC. The van der Waals surface area contributed by atoms with E-state index >= 15 is 0 Å². The van der Waals surface area contributed by atoms with Crippen LogP contribution in [0.25, 0.3) is 0 Å². The van der Waals surface area contributed by atoms with Crippen LogP contribution in [0.4, 0.5) is 0 Å². The Kier molecular flexibility index (Phi) is 7.79. The number of rotatable bonds is 10. The van der Waals surface area contributed by atoms with Crippen molar-refractivity contribution in [2.24, 2.45) is 0 Å². The van der Waals surface area contributed by atoms with Crippen LogP contribution in [-0.4, -0.2) is 32.8 Å². The lowest BCUT2D eigenvalue weighted by atomic mass is 10.1. The molecule has 0 aromatic heterocycles. The van der Waals surface area contributed by atoms with Gasteiger partial charge < -0.3 is 24.3 Å². The zero-order chi connectivity index (χ0) is 19.6. The van der Waals surface area contributed by atoms with Crippen molar-refractivity contribution in [3.05, 3.63) is 47.5 Å². The molecule has 6 heteroatoms. The number of ether oxygens (including phenoxy) is 4. The monoisotopic (exact) mass is 373 g/mol.